The number of aromatic nitrogens is 2. The monoisotopic (exact) mass is 254 g/mol. The number of carbonyl (C=O) groups is 2. The average molecular weight is 254 g/mol. The van der Waals surface area contributed by atoms with Crippen molar-refractivity contribution in [3.8, 4) is 0 Å². The Kier molecular flexibility index (Phi) is 5.16. The first kappa shape index (κ1) is 14.0. The number of carboxylic acids is 1. The van der Waals surface area contributed by atoms with Gasteiger partial charge in [0, 0.05) is 31.9 Å². The number of H-pyrrole nitrogens is 1. The zero-order valence-electron chi connectivity index (χ0n) is 10.6. The van der Waals surface area contributed by atoms with Gasteiger partial charge in [0.05, 0.1) is 19.2 Å². The Labute approximate surface area is 105 Å². The van der Waals surface area contributed by atoms with E-state index in [2.05, 4.69) is 10.2 Å². The summed E-state index contributed by atoms with van der Waals surface area (Å²) in [5.74, 6) is -0.904. The molecule has 0 spiro atoms. The van der Waals surface area contributed by atoms with Gasteiger partial charge in [0.1, 0.15) is 0 Å². The molecule has 0 saturated carbocycles. The average Bonchev–Trinajstić information content (AvgIpc) is 2.81. The quantitative estimate of drug-likeness (QED) is 0.784. The van der Waals surface area contributed by atoms with Crippen LogP contribution in [-0.2, 0) is 11.3 Å². The topological polar surface area (TPSA) is 89.5 Å². The molecule has 1 aromatic heterocycles. The van der Waals surface area contributed by atoms with Crippen LogP contribution in [0.5, 0.6) is 0 Å². The third kappa shape index (κ3) is 4.08. The molecule has 18 heavy (non-hydrogen) atoms. The molecular formula is C11H18N4O3. The minimum Gasteiger partial charge on any atom is -0.481 e. The molecule has 0 radical (unpaired) electrons. The molecule has 0 saturated heterocycles. The number of hydrogen-bond donors (Lipinski definition) is 2. The second-order valence-electron chi connectivity index (χ2n) is 3.97. The predicted octanol–water partition coefficient (Wildman–Crippen LogP) is 0.758. The lowest BCUT2D eigenvalue weighted by Gasteiger charge is -2.26. The maximum atomic E-state index is 12.0. The van der Waals surface area contributed by atoms with Crippen LogP contribution < -0.4 is 0 Å². The second kappa shape index (κ2) is 6.63. The van der Waals surface area contributed by atoms with E-state index in [9.17, 15) is 9.59 Å². The van der Waals surface area contributed by atoms with Crippen LogP contribution >= 0.6 is 0 Å². The van der Waals surface area contributed by atoms with Crippen molar-refractivity contribution in [2.75, 3.05) is 20.1 Å². The third-order valence-electron chi connectivity index (χ3n) is 2.55. The molecule has 7 heteroatoms. The Balaban J connectivity index is 2.51. The highest BCUT2D eigenvalue weighted by Gasteiger charge is 2.17. The van der Waals surface area contributed by atoms with Crippen LogP contribution in [-0.4, -0.2) is 57.2 Å². The second-order valence-corrected chi connectivity index (χ2v) is 3.97. The number of rotatable bonds is 6. The van der Waals surface area contributed by atoms with Crippen molar-refractivity contribution in [3.05, 3.63) is 18.0 Å². The van der Waals surface area contributed by atoms with Gasteiger partial charge in [0.25, 0.3) is 0 Å². The zero-order chi connectivity index (χ0) is 13.5. The Morgan fingerprint density at radius 1 is 1.50 bits per heavy atom. The molecule has 0 aromatic carbocycles. The molecule has 100 valence electrons. The number of nitrogens with one attached hydrogen (secondary N) is 1. The molecule has 7 nitrogen and oxygen atoms in total. The Bertz CT molecular complexity index is 391. The van der Waals surface area contributed by atoms with Crippen molar-refractivity contribution in [1.29, 1.82) is 0 Å². The minimum absolute atomic E-state index is 0.0425. The summed E-state index contributed by atoms with van der Waals surface area (Å²) in [6, 6.07) is -0.181. The molecular weight excluding hydrogens is 236 g/mol. The third-order valence-corrected chi connectivity index (χ3v) is 2.55. The minimum atomic E-state index is -0.904. The smallest absolute Gasteiger partial charge is 0.320 e. The fraction of sp³-hybridized carbons (Fsp3) is 0.545. The van der Waals surface area contributed by atoms with Crippen molar-refractivity contribution < 1.29 is 14.7 Å². The zero-order valence-corrected chi connectivity index (χ0v) is 10.6. The van der Waals surface area contributed by atoms with Gasteiger partial charge in [-0.25, -0.2) is 4.79 Å². The van der Waals surface area contributed by atoms with E-state index >= 15 is 0 Å². The van der Waals surface area contributed by atoms with Crippen molar-refractivity contribution in [1.82, 2.24) is 20.0 Å². The van der Waals surface area contributed by atoms with Crippen LogP contribution in [0.2, 0.25) is 0 Å². The molecule has 1 rings (SSSR count). The molecule has 0 atom stereocenters. The van der Waals surface area contributed by atoms with Crippen molar-refractivity contribution >= 4 is 12.0 Å². The van der Waals surface area contributed by atoms with E-state index in [1.165, 1.54) is 9.80 Å². The molecule has 1 aromatic rings. The number of amides is 2. The maximum Gasteiger partial charge on any atom is 0.320 e. The molecule has 0 bridgehead atoms. The lowest BCUT2D eigenvalue weighted by Crippen LogP contribution is -2.41. The Morgan fingerprint density at radius 3 is 2.72 bits per heavy atom. The normalized spacial score (nSPS) is 10.1. The van der Waals surface area contributed by atoms with Gasteiger partial charge in [-0.3, -0.25) is 9.89 Å². The van der Waals surface area contributed by atoms with Crippen LogP contribution in [0.25, 0.3) is 0 Å². The number of aliphatic carboxylic acids is 1. The fourth-order valence-corrected chi connectivity index (χ4v) is 1.57. The van der Waals surface area contributed by atoms with E-state index in [0.717, 1.165) is 5.56 Å². The fourth-order valence-electron chi connectivity index (χ4n) is 1.57. The number of carboxylic acid groups (broad SMARTS) is 1. The van der Waals surface area contributed by atoms with Gasteiger partial charge in [-0.15, -0.1) is 0 Å². The van der Waals surface area contributed by atoms with E-state index in [0.29, 0.717) is 13.1 Å². The summed E-state index contributed by atoms with van der Waals surface area (Å²) in [4.78, 5) is 25.6. The highest BCUT2D eigenvalue weighted by molar-refractivity contribution is 5.75. The van der Waals surface area contributed by atoms with Crippen LogP contribution in [0, 0.1) is 0 Å². The standard InChI is InChI=1S/C11H18N4O3/c1-3-15(5-4-10(16)17)11(18)14(2)8-9-6-12-13-7-9/h6-7H,3-5,8H2,1-2H3,(H,12,13)(H,16,17). The summed E-state index contributed by atoms with van der Waals surface area (Å²) < 4.78 is 0. The van der Waals surface area contributed by atoms with E-state index in [-0.39, 0.29) is 19.0 Å². The molecule has 0 aliphatic heterocycles. The van der Waals surface area contributed by atoms with Gasteiger partial charge in [-0.1, -0.05) is 0 Å². The van der Waals surface area contributed by atoms with Gasteiger partial charge < -0.3 is 14.9 Å². The lowest BCUT2D eigenvalue weighted by molar-refractivity contribution is -0.137. The van der Waals surface area contributed by atoms with Crippen LogP contribution in [0.3, 0.4) is 0 Å². The predicted molar refractivity (Wildman–Crippen MR) is 65.0 cm³/mol. The summed E-state index contributed by atoms with van der Waals surface area (Å²) in [5, 5.41) is 15.1. The summed E-state index contributed by atoms with van der Waals surface area (Å²) in [6.45, 7) is 2.98. The maximum absolute atomic E-state index is 12.0. The Morgan fingerprint density at radius 2 is 2.22 bits per heavy atom. The first-order valence-corrected chi connectivity index (χ1v) is 5.74. The summed E-state index contributed by atoms with van der Waals surface area (Å²) in [6.07, 6.45) is 3.33. The van der Waals surface area contributed by atoms with Crippen molar-refractivity contribution in [2.45, 2.75) is 19.9 Å². The summed E-state index contributed by atoms with van der Waals surface area (Å²) >= 11 is 0. The highest BCUT2D eigenvalue weighted by atomic mass is 16.4. The molecule has 0 aliphatic carbocycles. The molecule has 0 unspecified atom stereocenters. The summed E-state index contributed by atoms with van der Waals surface area (Å²) in [7, 11) is 1.68. The van der Waals surface area contributed by atoms with E-state index in [1.54, 1.807) is 19.4 Å². The number of carbonyl (C=O) groups excluding carboxylic acids is 1. The Hall–Kier alpha value is -2.05. The number of urea groups is 1. The van der Waals surface area contributed by atoms with Crippen LogP contribution in [0.15, 0.2) is 12.4 Å². The number of nitrogens with zero attached hydrogens (tertiary/aromatic N) is 3. The number of hydrogen-bond acceptors (Lipinski definition) is 3. The first-order valence-electron chi connectivity index (χ1n) is 5.74. The molecule has 1 heterocycles. The van der Waals surface area contributed by atoms with E-state index in [1.807, 2.05) is 6.92 Å². The molecule has 2 amide bonds. The lowest BCUT2D eigenvalue weighted by atomic mass is 10.3. The van der Waals surface area contributed by atoms with Gasteiger partial charge >= 0.3 is 12.0 Å². The van der Waals surface area contributed by atoms with Crippen LogP contribution in [0.1, 0.15) is 18.9 Å². The van der Waals surface area contributed by atoms with Crippen molar-refractivity contribution in [2.24, 2.45) is 0 Å². The van der Waals surface area contributed by atoms with Crippen LogP contribution in [0.4, 0.5) is 4.79 Å². The first-order chi connectivity index (χ1) is 8.54. The van der Waals surface area contributed by atoms with Crippen molar-refractivity contribution in [3.63, 3.8) is 0 Å². The molecule has 0 fully saturated rings. The van der Waals surface area contributed by atoms with Gasteiger partial charge in [-0.05, 0) is 6.92 Å². The number of aromatic amines is 1. The molecule has 0 aliphatic rings. The van der Waals surface area contributed by atoms with E-state index in [4.69, 9.17) is 5.11 Å². The van der Waals surface area contributed by atoms with Gasteiger partial charge in [0.15, 0.2) is 0 Å². The van der Waals surface area contributed by atoms with Gasteiger partial charge in [-0.2, -0.15) is 5.10 Å². The SMILES string of the molecule is CCN(CCC(=O)O)C(=O)N(C)Cc1cn[nH]c1. The molecule has 2 N–H and O–H groups in total. The summed E-state index contributed by atoms with van der Waals surface area (Å²) in [5.41, 5.74) is 0.903. The largest absolute Gasteiger partial charge is 0.481 e. The highest BCUT2D eigenvalue weighted by Crippen LogP contribution is 2.04. The van der Waals surface area contributed by atoms with E-state index < -0.39 is 5.97 Å². The van der Waals surface area contributed by atoms with Gasteiger partial charge in [0.2, 0.25) is 0 Å².